The van der Waals surface area contributed by atoms with Crippen molar-refractivity contribution in [2.45, 2.75) is 65.5 Å². The number of anilines is 1. The minimum absolute atomic E-state index is 0.0290. The van der Waals surface area contributed by atoms with Gasteiger partial charge in [0.1, 0.15) is 0 Å². The van der Waals surface area contributed by atoms with Gasteiger partial charge in [-0.1, -0.05) is 13.8 Å². The summed E-state index contributed by atoms with van der Waals surface area (Å²) in [4.78, 5) is 9.33. The van der Waals surface area contributed by atoms with Crippen LogP contribution in [-0.2, 0) is 0 Å². The highest BCUT2D eigenvalue weighted by molar-refractivity contribution is 5.64. The number of fused-ring (bicyclic) bond motifs is 1. The second-order valence-electron chi connectivity index (χ2n) is 7.05. The molecule has 0 radical (unpaired) electrons. The van der Waals surface area contributed by atoms with E-state index in [0.717, 1.165) is 48.8 Å². The molecule has 0 saturated carbocycles. The van der Waals surface area contributed by atoms with E-state index >= 15 is 0 Å². The highest BCUT2D eigenvalue weighted by atomic mass is 16.5. The molecule has 0 aromatic carbocycles. The fourth-order valence-corrected chi connectivity index (χ4v) is 3.22. The molecule has 3 rings (SSSR count). The van der Waals surface area contributed by atoms with Crippen LogP contribution in [0.1, 0.15) is 57.8 Å². The molecular formula is C17H28N6O. The Balaban J connectivity index is 2.05. The molecule has 0 atom stereocenters. The SMILES string of the molecule is Cc1nc2c(NC3CCNCC3)nc(OC(C)C)nn2c1C(C)C. The highest BCUT2D eigenvalue weighted by Gasteiger charge is 2.21. The molecule has 7 nitrogen and oxygen atoms in total. The summed E-state index contributed by atoms with van der Waals surface area (Å²) in [5, 5.41) is 11.5. The summed E-state index contributed by atoms with van der Waals surface area (Å²) < 4.78 is 7.67. The molecule has 3 heterocycles. The summed E-state index contributed by atoms with van der Waals surface area (Å²) in [7, 11) is 0. The zero-order valence-electron chi connectivity index (χ0n) is 15.3. The van der Waals surface area contributed by atoms with Crippen molar-refractivity contribution in [3.8, 4) is 6.01 Å². The van der Waals surface area contributed by atoms with Crippen molar-refractivity contribution >= 4 is 11.5 Å². The van der Waals surface area contributed by atoms with Crippen LogP contribution in [-0.4, -0.2) is 44.8 Å². The van der Waals surface area contributed by atoms with Gasteiger partial charge in [-0.15, -0.1) is 5.10 Å². The highest BCUT2D eigenvalue weighted by Crippen LogP contribution is 2.26. The fourth-order valence-electron chi connectivity index (χ4n) is 3.22. The third-order valence-electron chi connectivity index (χ3n) is 4.25. The van der Waals surface area contributed by atoms with Crippen molar-refractivity contribution in [2.24, 2.45) is 0 Å². The summed E-state index contributed by atoms with van der Waals surface area (Å²) in [5.41, 5.74) is 2.88. The van der Waals surface area contributed by atoms with Gasteiger partial charge in [-0.25, -0.2) is 9.50 Å². The number of imidazole rings is 1. The van der Waals surface area contributed by atoms with Gasteiger partial charge >= 0.3 is 6.01 Å². The lowest BCUT2D eigenvalue weighted by molar-refractivity contribution is 0.218. The zero-order valence-corrected chi connectivity index (χ0v) is 15.3. The van der Waals surface area contributed by atoms with Gasteiger partial charge in [0.15, 0.2) is 11.5 Å². The Kier molecular flexibility index (Phi) is 4.89. The quantitative estimate of drug-likeness (QED) is 0.876. The third kappa shape index (κ3) is 3.45. The maximum atomic E-state index is 5.77. The van der Waals surface area contributed by atoms with Crippen LogP contribution in [0, 0.1) is 6.92 Å². The van der Waals surface area contributed by atoms with Gasteiger partial charge in [0, 0.05) is 6.04 Å². The number of aromatic nitrogens is 4. The summed E-state index contributed by atoms with van der Waals surface area (Å²) in [5.74, 6) is 1.09. The van der Waals surface area contributed by atoms with Gasteiger partial charge in [0.25, 0.3) is 0 Å². The molecule has 132 valence electrons. The third-order valence-corrected chi connectivity index (χ3v) is 4.25. The van der Waals surface area contributed by atoms with E-state index in [9.17, 15) is 0 Å². The van der Waals surface area contributed by atoms with E-state index < -0.39 is 0 Å². The monoisotopic (exact) mass is 332 g/mol. The first kappa shape index (κ1) is 17.0. The molecular weight excluding hydrogens is 304 g/mol. The Morgan fingerprint density at radius 3 is 2.50 bits per heavy atom. The summed E-state index contributed by atoms with van der Waals surface area (Å²) >= 11 is 0. The van der Waals surface area contributed by atoms with Crippen molar-refractivity contribution in [1.82, 2.24) is 24.9 Å². The number of nitrogens with zero attached hydrogens (tertiary/aromatic N) is 4. The van der Waals surface area contributed by atoms with Crippen molar-refractivity contribution < 1.29 is 4.74 Å². The van der Waals surface area contributed by atoms with E-state index in [1.807, 2.05) is 25.3 Å². The lowest BCUT2D eigenvalue weighted by Crippen LogP contribution is -2.35. The Morgan fingerprint density at radius 1 is 1.17 bits per heavy atom. The van der Waals surface area contributed by atoms with Crippen LogP contribution < -0.4 is 15.4 Å². The molecule has 0 spiro atoms. The molecule has 0 aliphatic carbocycles. The number of rotatable bonds is 5. The van der Waals surface area contributed by atoms with E-state index in [0.29, 0.717) is 18.0 Å². The van der Waals surface area contributed by atoms with Crippen molar-refractivity contribution in [3.63, 3.8) is 0 Å². The normalized spacial score (nSPS) is 16.3. The maximum Gasteiger partial charge on any atom is 0.336 e. The first-order valence-electron chi connectivity index (χ1n) is 8.87. The number of nitrogens with one attached hydrogen (secondary N) is 2. The molecule has 2 aromatic rings. The molecule has 2 N–H and O–H groups in total. The largest absolute Gasteiger partial charge is 0.460 e. The van der Waals surface area contributed by atoms with Crippen LogP contribution in [0.25, 0.3) is 5.65 Å². The molecule has 24 heavy (non-hydrogen) atoms. The minimum Gasteiger partial charge on any atom is -0.460 e. The first-order valence-corrected chi connectivity index (χ1v) is 8.87. The van der Waals surface area contributed by atoms with Gasteiger partial charge in [-0.05, 0) is 52.6 Å². The van der Waals surface area contributed by atoms with Crippen molar-refractivity contribution in [2.75, 3.05) is 18.4 Å². The lowest BCUT2D eigenvalue weighted by Gasteiger charge is -2.24. The molecule has 0 bridgehead atoms. The standard InChI is InChI=1S/C17H28N6O/c1-10(2)14-12(5)19-16-15(20-13-6-8-18-9-7-13)21-17(22-23(14)16)24-11(3)4/h10-11,13,18H,6-9H2,1-5H3,(H,20,21,22). The predicted molar refractivity (Wildman–Crippen MR) is 94.9 cm³/mol. The average Bonchev–Trinajstić information content (AvgIpc) is 2.84. The smallest absolute Gasteiger partial charge is 0.336 e. The molecule has 2 aromatic heterocycles. The number of hydrogen-bond acceptors (Lipinski definition) is 6. The Hall–Kier alpha value is -1.89. The number of hydrogen-bond donors (Lipinski definition) is 2. The van der Waals surface area contributed by atoms with Crippen molar-refractivity contribution in [1.29, 1.82) is 0 Å². The van der Waals surface area contributed by atoms with Crippen LogP contribution in [0.3, 0.4) is 0 Å². The molecule has 1 aliphatic rings. The molecule has 0 unspecified atom stereocenters. The van der Waals surface area contributed by atoms with Crippen LogP contribution in [0.2, 0.25) is 0 Å². The number of aryl methyl sites for hydroxylation is 1. The second kappa shape index (κ2) is 6.93. The van der Waals surface area contributed by atoms with Gasteiger partial charge in [0.2, 0.25) is 0 Å². The molecule has 1 saturated heterocycles. The maximum absolute atomic E-state index is 5.77. The van der Waals surface area contributed by atoms with Gasteiger partial charge in [-0.3, -0.25) is 0 Å². The summed E-state index contributed by atoms with van der Waals surface area (Å²) in [6.07, 6.45) is 2.18. The summed E-state index contributed by atoms with van der Waals surface area (Å²) in [6.45, 7) is 12.4. The Bertz CT molecular complexity index is 703. The van der Waals surface area contributed by atoms with E-state index in [1.54, 1.807) is 0 Å². The molecule has 0 amide bonds. The van der Waals surface area contributed by atoms with Crippen LogP contribution >= 0.6 is 0 Å². The van der Waals surface area contributed by atoms with Crippen molar-refractivity contribution in [3.05, 3.63) is 11.4 Å². The topological polar surface area (TPSA) is 76.4 Å². The minimum atomic E-state index is 0.0290. The van der Waals surface area contributed by atoms with E-state index in [2.05, 4.69) is 34.6 Å². The zero-order chi connectivity index (χ0) is 17.3. The first-order chi connectivity index (χ1) is 11.5. The molecule has 7 heteroatoms. The van der Waals surface area contributed by atoms with E-state index in [1.165, 1.54) is 0 Å². The van der Waals surface area contributed by atoms with Crippen LogP contribution in [0.5, 0.6) is 6.01 Å². The number of ether oxygens (including phenoxy) is 1. The molecule has 1 aliphatic heterocycles. The Morgan fingerprint density at radius 2 is 1.88 bits per heavy atom. The van der Waals surface area contributed by atoms with Gasteiger partial charge < -0.3 is 15.4 Å². The van der Waals surface area contributed by atoms with Crippen LogP contribution in [0.15, 0.2) is 0 Å². The van der Waals surface area contributed by atoms with Gasteiger partial charge in [0.05, 0.1) is 17.5 Å². The lowest BCUT2D eigenvalue weighted by atomic mass is 10.1. The van der Waals surface area contributed by atoms with Crippen LogP contribution in [0.4, 0.5) is 5.82 Å². The number of piperidine rings is 1. The molecule has 1 fully saturated rings. The van der Waals surface area contributed by atoms with Gasteiger partial charge in [-0.2, -0.15) is 4.98 Å². The van der Waals surface area contributed by atoms with E-state index in [-0.39, 0.29) is 6.10 Å². The second-order valence-corrected chi connectivity index (χ2v) is 7.05. The predicted octanol–water partition coefficient (Wildman–Crippen LogP) is 2.51. The fraction of sp³-hybridized carbons (Fsp3) is 0.706. The van der Waals surface area contributed by atoms with E-state index in [4.69, 9.17) is 9.72 Å². The Labute approximate surface area is 143 Å². The summed E-state index contributed by atoms with van der Waals surface area (Å²) in [6, 6.07) is 0.796. The average molecular weight is 332 g/mol.